The molecule has 1 aliphatic heterocycles. The first kappa shape index (κ1) is 15.0. The van der Waals surface area contributed by atoms with Crippen molar-refractivity contribution >= 4 is 5.91 Å². The highest BCUT2D eigenvalue weighted by molar-refractivity contribution is 5.79. The van der Waals surface area contributed by atoms with Crippen LogP contribution in [0.5, 0.6) is 0 Å². The van der Waals surface area contributed by atoms with Gasteiger partial charge in [-0.2, -0.15) is 5.10 Å². The molecule has 130 valence electrons. The molecule has 6 heteroatoms. The van der Waals surface area contributed by atoms with E-state index in [0.717, 1.165) is 30.3 Å². The van der Waals surface area contributed by atoms with Crippen LogP contribution >= 0.6 is 0 Å². The number of pyridine rings is 1. The molecule has 6 nitrogen and oxygen atoms in total. The van der Waals surface area contributed by atoms with Crippen LogP contribution in [-0.2, 0) is 11.2 Å². The van der Waals surface area contributed by atoms with Crippen molar-refractivity contribution in [3.05, 3.63) is 41.7 Å². The molecule has 25 heavy (non-hydrogen) atoms. The first-order chi connectivity index (χ1) is 12.2. The highest BCUT2D eigenvalue weighted by Gasteiger charge is 2.53. The number of H-pyrrole nitrogens is 1. The zero-order valence-corrected chi connectivity index (χ0v) is 14.3. The molecule has 5 rings (SSSR count). The van der Waals surface area contributed by atoms with Crippen molar-refractivity contribution in [2.45, 2.75) is 50.4 Å². The molecule has 1 atom stereocenters. The summed E-state index contributed by atoms with van der Waals surface area (Å²) >= 11 is 0. The van der Waals surface area contributed by atoms with Gasteiger partial charge in [0.15, 0.2) is 5.82 Å². The van der Waals surface area contributed by atoms with Gasteiger partial charge in [0.25, 0.3) is 0 Å². The van der Waals surface area contributed by atoms with Gasteiger partial charge in [-0.15, -0.1) is 0 Å². The topological polar surface area (TPSA) is 74.8 Å². The molecule has 3 heterocycles. The predicted octanol–water partition coefficient (Wildman–Crippen LogP) is 2.42. The first-order valence-corrected chi connectivity index (χ1v) is 9.32. The van der Waals surface area contributed by atoms with E-state index in [1.165, 1.54) is 32.1 Å². The van der Waals surface area contributed by atoms with Crippen molar-refractivity contribution in [1.29, 1.82) is 0 Å². The van der Waals surface area contributed by atoms with Gasteiger partial charge in [0.2, 0.25) is 5.91 Å². The van der Waals surface area contributed by atoms with Crippen molar-refractivity contribution in [2.75, 3.05) is 13.1 Å². The average Bonchev–Trinajstić information content (AvgIpc) is 3.18. The van der Waals surface area contributed by atoms with E-state index in [4.69, 9.17) is 4.98 Å². The van der Waals surface area contributed by atoms with Gasteiger partial charge >= 0.3 is 0 Å². The number of aromatic amines is 1. The zero-order valence-electron chi connectivity index (χ0n) is 14.3. The summed E-state index contributed by atoms with van der Waals surface area (Å²) < 4.78 is 0. The fourth-order valence-corrected chi connectivity index (χ4v) is 4.43. The summed E-state index contributed by atoms with van der Waals surface area (Å²) in [7, 11) is 0. The minimum atomic E-state index is 0.198. The van der Waals surface area contributed by atoms with E-state index in [2.05, 4.69) is 15.2 Å². The van der Waals surface area contributed by atoms with Crippen LogP contribution < -0.4 is 0 Å². The number of aromatic nitrogens is 4. The van der Waals surface area contributed by atoms with Crippen LogP contribution in [0.15, 0.2) is 24.5 Å². The van der Waals surface area contributed by atoms with Gasteiger partial charge in [0.1, 0.15) is 5.82 Å². The van der Waals surface area contributed by atoms with Gasteiger partial charge in [-0.25, -0.2) is 4.98 Å². The van der Waals surface area contributed by atoms with Crippen molar-refractivity contribution in [2.24, 2.45) is 5.41 Å². The lowest BCUT2D eigenvalue weighted by Crippen LogP contribution is -2.38. The van der Waals surface area contributed by atoms with E-state index in [9.17, 15) is 4.79 Å². The largest absolute Gasteiger partial charge is 0.341 e. The third-order valence-corrected chi connectivity index (χ3v) is 6.22. The van der Waals surface area contributed by atoms with E-state index >= 15 is 0 Å². The zero-order chi connectivity index (χ0) is 16.9. The quantitative estimate of drug-likeness (QED) is 0.930. The van der Waals surface area contributed by atoms with Crippen LogP contribution in [0.3, 0.4) is 0 Å². The van der Waals surface area contributed by atoms with E-state index in [0.29, 0.717) is 18.3 Å². The maximum absolute atomic E-state index is 12.8. The summed E-state index contributed by atoms with van der Waals surface area (Å²) in [6.07, 6.45) is 10.0. The van der Waals surface area contributed by atoms with Gasteiger partial charge < -0.3 is 4.90 Å². The van der Waals surface area contributed by atoms with Crippen LogP contribution in [0.1, 0.15) is 61.2 Å². The summed E-state index contributed by atoms with van der Waals surface area (Å²) in [5.74, 6) is 3.04. The maximum Gasteiger partial charge on any atom is 0.227 e. The number of nitrogens with one attached hydrogen (secondary N) is 1. The normalized spacial score (nSPS) is 24.5. The molecule has 2 saturated carbocycles. The van der Waals surface area contributed by atoms with Crippen LogP contribution in [0.2, 0.25) is 0 Å². The average molecular weight is 337 g/mol. The fourth-order valence-electron chi connectivity index (χ4n) is 4.43. The molecule has 3 aliphatic rings. The van der Waals surface area contributed by atoms with Gasteiger partial charge in [0.05, 0.1) is 6.42 Å². The molecule has 3 fully saturated rings. The Morgan fingerprint density at radius 1 is 1.36 bits per heavy atom. The Balaban J connectivity index is 1.34. The molecular weight excluding hydrogens is 314 g/mol. The second-order valence-corrected chi connectivity index (χ2v) is 7.93. The SMILES string of the molecule is O=C(Cc1cccnc1)N1CC(c2nc(C3CC3)n[nH]2)C2(CCC2)C1. The Hall–Kier alpha value is -2.24. The second-order valence-electron chi connectivity index (χ2n) is 7.93. The Morgan fingerprint density at radius 2 is 2.24 bits per heavy atom. The van der Waals surface area contributed by atoms with Crippen molar-refractivity contribution in [3.63, 3.8) is 0 Å². The molecule has 0 bridgehead atoms. The Labute approximate surface area is 147 Å². The van der Waals surface area contributed by atoms with Crippen LogP contribution in [0.25, 0.3) is 0 Å². The van der Waals surface area contributed by atoms with E-state index in [-0.39, 0.29) is 11.3 Å². The highest BCUT2D eigenvalue weighted by Crippen LogP contribution is 2.55. The number of hydrogen-bond acceptors (Lipinski definition) is 4. The van der Waals surface area contributed by atoms with Crippen molar-refractivity contribution in [3.8, 4) is 0 Å². The second kappa shape index (κ2) is 5.64. The van der Waals surface area contributed by atoms with Gasteiger partial charge in [-0.3, -0.25) is 14.9 Å². The number of likely N-dealkylation sites (tertiary alicyclic amines) is 1. The number of carbonyl (C=O) groups excluding carboxylic acids is 1. The smallest absolute Gasteiger partial charge is 0.227 e. The fraction of sp³-hybridized carbons (Fsp3) is 0.579. The molecule has 1 N–H and O–H groups in total. The Kier molecular flexibility index (Phi) is 3.40. The monoisotopic (exact) mass is 337 g/mol. The third kappa shape index (κ3) is 2.64. The third-order valence-electron chi connectivity index (χ3n) is 6.22. The van der Waals surface area contributed by atoms with E-state index in [1.54, 1.807) is 12.4 Å². The van der Waals surface area contributed by atoms with E-state index in [1.807, 2.05) is 17.0 Å². The lowest BCUT2D eigenvalue weighted by molar-refractivity contribution is -0.130. The molecule has 0 aromatic carbocycles. The van der Waals surface area contributed by atoms with Crippen LogP contribution in [-0.4, -0.2) is 44.1 Å². The van der Waals surface area contributed by atoms with E-state index < -0.39 is 0 Å². The minimum Gasteiger partial charge on any atom is -0.341 e. The lowest BCUT2D eigenvalue weighted by atomic mass is 9.62. The molecule has 2 aromatic heterocycles. The number of carbonyl (C=O) groups is 1. The van der Waals surface area contributed by atoms with Gasteiger partial charge in [-0.1, -0.05) is 12.5 Å². The molecule has 0 radical (unpaired) electrons. The molecule has 2 aromatic rings. The van der Waals surface area contributed by atoms with Crippen molar-refractivity contribution in [1.82, 2.24) is 25.1 Å². The van der Waals surface area contributed by atoms with Crippen LogP contribution in [0, 0.1) is 5.41 Å². The predicted molar refractivity (Wildman–Crippen MR) is 91.9 cm³/mol. The van der Waals surface area contributed by atoms with Gasteiger partial charge in [0, 0.05) is 37.3 Å². The molecule has 1 amide bonds. The summed E-state index contributed by atoms with van der Waals surface area (Å²) in [5, 5.41) is 7.63. The van der Waals surface area contributed by atoms with Gasteiger partial charge in [-0.05, 0) is 42.7 Å². The summed E-state index contributed by atoms with van der Waals surface area (Å²) in [4.78, 5) is 23.7. The highest BCUT2D eigenvalue weighted by atomic mass is 16.2. The summed E-state index contributed by atoms with van der Waals surface area (Å²) in [6.45, 7) is 1.62. The minimum absolute atomic E-state index is 0.198. The summed E-state index contributed by atoms with van der Waals surface area (Å²) in [5.41, 5.74) is 1.19. The number of rotatable bonds is 4. The standard InChI is InChI=1S/C19H23N5O/c25-16(9-13-3-1-8-20-10-13)24-11-15(19(12-24)6-2-7-19)18-21-17(22-23-18)14-4-5-14/h1,3,8,10,14-15H,2,4-7,9,11-12H2,(H,21,22,23). The Bertz CT molecular complexity index is 778. The molecule has 2 aliphatic carbocycles. The summed E-state index contributed by atoms with van der Waals surface area (Å²) in [6, 6.07) is 3.85. The number of amides is 1. The number of nitrogens with zero attached hydrogens (tertiary/aromatic N) is 4. The molecular formula is C19H23N5O. The number of hydrogen-bond donors (Lipinski definition) is 1. The molecule has 1 spiro atoms. The maximum atomic E-state index is 12.8. The Morgan fingerprint density at radius 3 is 2.92 bits per heavy atom. The van der Waals surface area contributed by atoms with Crippen LogP contribution in [0.4, 0.5) is 0 Å². The van der Waals surface area contributed by atoms with Crippen molar-refractivity contribution < 1.29 is 4.79 Å². The molecule has 1 saturated heterocycles. The molecule has 1 unspecified atom stereocenters. The lowest BCUT2D eigenvalue weighted by Gasteiger charge is -2.41. The first-order valence-electron chi connectivity index (χ1n) is 9.32.